The van der Waals surface area contributed by atoms with E-state index in [0.717, 1.165) is 16.8 Å². The topological polar surface area (TPSA) is 134 Å². The number of aromatic nitrogens is 3. The number of benzene rings is 1. The maximum atomic E-state index is 13.5. The van der Waals surface area contributed by atoms with Gasteiger partial charge in [0, 0.05) is 30.7 Å². The summed E-state index contributed by atoms with van der Waals surface area (Å²) in [4.78, 5) is 23.6. The van der Waals surface area contributed by atoms with Gasteiger partial charge in [0.1, 0.15) is 12.4 Å². The predicted octanol–water partition coefficient (Wildman–Crippen LogP) is 3.30. The summed E-state index contributed by atoms with van der Waals surface area (Å²) in [6.45, 7) is -0.0896. The number of carbonyl (C=O) groups is 1. The summed E-state index contributed by atoms with van der Waals surface area (Å²) < 4.78 is 27.0. The maximum Gasteiger partial charge on any atom is 0.322 e. The summed E-state index contributed by atoms with van der Waals surface area (Å²) in [5.74, 6) is -0.790. The number of rotatable bonds is 10. The Bertz CT molecular complexity index is 1380. The Morgan fingerprint density at radius 2 is 1.77 bits per heavy atom. The van der Waals surface area contributed by atoms with Gasteiger partial charge in [0.25, 0.3) is 0 Å². The van der Waals surface area contributed by atoms with E-state index in [2.05, 4.69) is 25.6 Å². The van der Waals surface area contributed by atoms with Crippen molar-refractivity contribution in [2.24, 2.45) is 0 Å². The normalized spacial score (nSPS) is 12.1. The van der Waals surface area contributed by atoms with Crippen LogP contribution < -0.4 is 10.6 Å². The smallest absolute Gasteiger partial charge is 0.322 e. The zero-order valence-corrected chi connectivity index (χ0v) is 19.4. The van der Waals surface area contributed by atoms with Gasteiger partial charge in [-0.1, -0.05) is 36.4 Å². The quantitative estimate of drug-likeness (QED) is 0.307. The van der Waals surface area contributed by atoms with E-state index in [4.69, 9.17) is 5.11 Å². The SMILES string of the molecule is O=C(O)CNc1cccc(C(NCc2ccc(-c3ccccn3)cc2)S(=O)(=O)c2cccnc2)n1. The molecule has 1 unspecified atom stereocenters. The number of anilines is 1. The molecule has 0 amide bonds. The second-order valence-corrected chi connectivity index (χ2v) is 9.63. The number of nitrogens with one attached hydrogen (secondary N) is 2. The van der Waals surface area contributed by atoms with Crippen LogP contribution in [0.1, 0.15) is 16.6 Å². The lowest BCUT2D eigenvalue weighted by molar-refractivity contribution is -0.134. The van der Waals surface area contributed by atoms with Crippen LogP contribution in [0.3, 0.4) is 0 Å². The fourth-order valence-corrected chi connectivity index (χ4v) is 4.92. The fraction of sp³-hybridized carbons (Fsp3) is 0.120. The van der Waals surface area contributed by atoms with Crippen LogP contribution in [0.2, 0.25) is 0 Å². The molecule has 3 heterocycles. The first-order valence-electron chi connectivity index (χ1n) is 10.7. The van der Waals surface area contributed by atoms with Gasteiger partial charge in [-0.25, -0.2) is 13.4 Å². The summed E-state index contributed by atoms with van der Waals surface area (Å²) in [5, 5.41) is 13.5. The highest BCUT2D eigenvalue weighted by Crippen LogP contribution is 2.27. The number of hydrogen-bond acceptors (Lipinski definition) is 8. The third kappa shape index (κ3) is 6.05. The van der Waals surface area contributed by atoms with Crippen LogP contribution in [0.15, 0.2) is 96.3 Å². The van der Waals surface area contributed by atoms with E-state index in [-0.39, 0.29) is 29.5 Å². The third-order valence-electron chi connectivity index (χ3n) is 5.14. The molecular formula is C25H23N5O4S. The van der Waals surface area contributed by atoms with E-state index in [9.17, 15) is 13.2 Å². The van der Waals surface area contributed by atoms with Crippen LogP contribution in [0, 0.1) is 0 Å². The molecule has 0 spiro atoms. The summed E-state index contributed by atoms with van der Waals surface area (Å²) in [5.41, 5.74) is 2.90. The molecule has 9 nitrogen and oxygen atoms in total. The predicted molar refractivity (Wildman–Crippen MR) is 131 cm³/mol. The van der Waals surface area contributed by atoms with Gasteiger partial charge in [0.15, 0.2) is 5.37 Å². The summed E-state index contributed by atoms with van der Waals surface area (Å²) >= 11 is 0. The van der Waals surface area contributed by atoms with Gasteiger partial charge in [-0.05, 0) is 42.0 Å². The number of carboxylic acids is 1. The van der Waals surface area contributed by atoms with Gasteiger partial charge in [-0.15, -0.1) is 0 Å². The molecule has 1 atom stereocenters. The number of aliphatic carboxylic acids is 1. The molecule has 0 saturated heterocycles. The standard InChI is InChI=1S/C25H23N5O4S/c31-24(32)17-28-23-8-3-7-22(30-23)25(35(33,34)20-5-4-13-26-16-20)29-15-18-9-11-19(12-10-18)21-6-1-2-14-27-21/h1-14,16,25,29H,15,17H2,(H,28,30)(H,31,32). The van der Waals surface area contributed by atoms with Crippen LogP contribution >= 0.6 is 0 Å². The van der Waals surface area contributed by atoms with Crippen molar-refractivity contribution in [2.45, 2.75) is 16.8 Å². The van der Waals surface area contributed by atoms with Gasteiger partial charge >= 0.3 is 5.97 Å². The lowest BCUT2D eigenvalue weighted by Gasteiger charge is -2.20. The largest absolute Gasteiger partial charge is 0.480 e. The molecule has 3 N–H and O–H groups in total. The molecule has 4 aromatic rings. The monoisotopic (exact) mass is 489 g/mol. The second-order valence-electron chi connectivity index (χ2n) is 7.60. The van der Waals surface area contributed by atoms with Crippen molar-refractivity contribution >= 4 is 21.6 Å². The van der Waals surface area contributed by atoms with Crippen LogP contribution in [-0.4, -0.2) is 41.0 Å². The number of sulfone groups is 1. The molecule has 1 aromatic carbocycles. The van der Waals surface area contributed by atoms with E-state index in [1.54, 1.807) is 30.5 Å². The van der Waals surface area contributed by atoms with E-state index in [1.807, 2.05) is 42.5 Å². The lowest BCUT2D eigenvalue weighted by atomic mass is 10.1. The first kappa shape index (κ1) is 24.0. The molecule has 0 radical (unpaired) electrons. The minimum Gasteiger partial charge on any atom is -0.480 e. The van der Waals surface area contributed by atoms with E-state index in [0.29, 0.717) is 0 Å². The molecule has 0 saturated carbocycles. The van der Waals surface area contributed by atoms with Crippen molar-refractivity contribution < 1.29 is 18.3 Å². The molecule has 0 bridgehead atoms. The number of carboxylic acid groups (broad SMARTS) is 1. The summed E-state index contributed by atoms with van der Waals surface area (Å²) in [6.07, 6.45) is 4.52. The van der Waals surface area contributed by atoms with Crippen LogP contribution in [0.25, 0.3) is 11.3 Å². The fourth-order valence-electron chi connectivity index (χ4n) is 3.42. The molecule has 35 heavy (non-hydrogen) atoms. The Labute approximate surface area is 202 Å². The Kier molecular flexibility index (Phi) is 7.44. The van der Waals surface area contributed by atoms with Gasteiger partial charge < -0.3 is 10.4 Å². The number of hydrogen-bond donors (Lipinski definition) is 3. The third-order valence-corrected chi connectivity index (χ3v) is 7.07. The highest BCUT2D eigenvalue weighted by molar-refractivity contribution is 7.91. The molecule has 178 valence electrons. The van der Waals surface area contributed by atoms with E-state index < -0.39 is 21.2 Å². The van der Waals surface area contributed by atoms with Crippen LogP contribution in [-0.2, 0) is 21.2 Å². The lowest BCUT2D eigenvalue weighted by Crippen LogP contribution is -2.30. The van der Waals surface area contributed by atoms with Crippen molar-refractivity contribution in [3.05, 3.63) is 103 Å². The Balaban J connectivity index is 1.60. The summed E-state index contributed by atoms with van der Waals surface area (Å²) in [6, 6.07) is 21.2. The van der Waals surface area contributed by atoms with Gasteiger partial charge in [0.05, 0.1) is 16.3 Å². The minimum atomic E-state index is -3.91. The first-order chi connectivity index (χ1) is 16.9. The molecule has 0 aliphatic rings. The molecule has 10 heteroatoms. The minimum absolute atomic E-state index is 0.0497. The van der Waals surface area contributed by atoms with Crippen LogP contribution in [0.5, 0.6) is 0 Å². The average molecular weight is 490 g/mol. The van der Waals surface area contributed by atoms with Crippen molar-refractivity contribution in [3.63, 3.8) is 0 Å². The van der Waals surface area contributed by atoms with Crippen molar-refractivity contribution in [1.82, 2.24) is 20.3 Å². The highest BCUT2D eigenvalue weighted by Gasteiger charge is 2.30. The van der Waals surface area contributed by atoms with Crippen LogP contribution in [0.4, 0.5) is 5.82 Å². The Morgan fingerprint density at radius 1 is 0.943 bits per heavy atom. The average Bonchev–Trinajstić information content (AvgIpc) is 2.89. The molecule has 3 aromatic heterocycles. The zero-order valence-electron chi connectivity index (χ0n) is 18.6. The molecule has 0 aliphatic carbocycles. The molecule has 0 aliphatic heterocycles. The van der Waals surface area contributed by atoms with Crippen molar-refractivity contribution in [1.29, 1.82) is 0 Å². The maximum absolute atomic E-state index is 13.5. The second kappa shape index (κ2) is 10.9. The molecule has 4 rings (SSSR count). The molecule has 0 fully saturated rings. The van der Waals surface area contributed by atoms with Gasteiger partial charge in [0.2, 0.25) is 9.84 Å². The Morgan fingerprint density at radius 3 is 2.46 bits per heavy atom. The van der Waals surface area contributed by atoms with Crippen molar-refractivity contribution in [3.8, 4) is 11.3 Å². The number of nitrogens with zero attached hydrogens (tertiary/aromatic N) is 3. The molecular weight excluding hydrogens is 466 g/mol. The Hall–Kier alpha value is -4.15. The number of pyridine rings is 3. The van der Waals surface area contributed by atoms with Crippen molar-refractivity contribution in [2.75, 3.05) is 11.9 Å². The summed E-state index contributed by atoms with van der Waals surface area (Å²) in [7, 11) is -3.91. The van der Waals surface area contributed by atoms with Gasteiger partial charge in [-0.3, -0.25) is 20.1 Å². The zero-order chi connectivity index (χ0) is 24.7. The van der Waals surface area contributed by atoms with E-state index in [1.165, 1.54) is 18.5 Å². The van der Waals surface area contributed by atoms with Gasteiger partial charge in [-0.2, -0.15) is 0 Å². The van der Waals surface area contributed by atoms with E-state index >= 15 is 0 Å². The highest BCUT2D eigenvalue weighted by atomic mass is 32.2. The first-order valence-corrected chi connectivity index (χ1v) is 12.3.